The van der Waals surface area contributed by atoms with Gasteiger partial charge in [-0.3, -0.25) is 4.79 Å². The van der Waals surface area contributed by atoms with Crippen molar-refractivity contribution in [2.45, 2.75) is 19.8 Å². The number of anilines is 1. The van der Waals surface area contributed by atoms with Crippen LogP contribution >= 0.6 is 11.3 Å². The van der Waals surface area contributed by atoms with Crippen molar-refractivity contribution in [3.05, 3.63) is 54.6 Å². The predicted molar refractivity (Wildman–Crippen MR) is 122 cm³/mol. The van der Waals surface area contributed by atoms with Crippen molar-refractivity contribution in [1.29, 1.82) is 0 Å². The summed E-state index contributed by atoms with van der Waals surface area (Å²) >= 11 is 1.70. The molecule has 4 aromatic rings. The summed E-state index contributed by atoms with van der Waals surface area (Å²) in [6.07, 6.45) is 1.82. The molecule has 3 heterocycles. The van der Waals surface area contributed by atoms with E-state index in [1.165, 1.54) is 4.70 Å². The molecule has 0 spiro atoms. The first kappa shape index (κ1) is 19.0. The molecule has 152 valence electrons. The molecule has 5 nitrogen and oxygen atoms in total. The fraction of sp³-hybridized carbons (Fsp3) is 0.292. The number of para-hydroxylation sites is 2. The Morgan fingerprint density at radius 3 is 2.77 bits per heavy atom. The summed E-state index contributed by atoms with van der Waals surface area (Å²) in [7, 11) is 0. The zero-order valence-electron chi connectivity index (χ0n) is 16.9. The van der Waals surface area contributed by atoms with Crippen LogP contribution in [0.1, 0.15) is 19.8 Å². The van der Waals surface area contributed by atoms with Crippen molar-refractivity contribution in [3.8, 4) is 10.6 Å². The highest BCUT2D eigenvalue weighted by Crippen LogP contribution is 2.37. The highest BCUT2D eigenvalue weighted by Gasteiger charge is 2.28. The third-order valence-electron chi connectivity index (χ3n) is 5.59. The number of ether oxygens (including phenoxy) is 1. The minimum absolute atomic E-state index is 0.0992. The molecule has 0 bridgehead atoms. The summed E-state index contributed by atoms with van der Waals surface area (Å²) in [6.45, 7) is 3.81. The van der Waals surface area contributed by atoms with Gasteiger partial charge in [-0.1, -0.05) is 30.3 Å². The smallest absolute Gasteiger partial charge is 0.310 e. The molecule has 2 aromatic heterocycles. The van der Waals surface area contributed by atoms with Gasteiger partial charge >= 0.3 is 5.97 Å². The molecule has 0 amide bonds. The molecule has 0 aliphatic carbocycles. The van der Waals surface area contributed by atoms with Crippen LogP contribution in [0.5, 0.6) is 0 Å². The number of fused-ring (bicyclic) bond motifs is 2. The number of carbonyl (C=O) groups is 1. The molecular weight excluding hydrogens is 394 g/mol. The number of esters is 1. The second-order valence-corrected chi connectivity index (χ2v) is 8.60. The summed E-state index contributed by atoms with van der Waals surface area (Å²) in [5.74, 6) is 0.698. The van der Waals surface area contributed by atoms with Crippen LogP contribution in [-0.4, -0.2) is 35.6 Å². The Bertz CT molecular complexity index is 1190. The standard InChI is InChI=1S/C24H23N3O2S/c1-2-29-24(28)16-8-7-13-27(15-16)22-14-18(17-9-3-4-10-19(17)25-22)23-26-20-11-5-6-12-21(20)30-23/h3-6,9-12,14,16H,2,7-8,13,15H2,1H3/t16-/m1/s1. The topological polar surface area (TPSA) is 55.3 Å². The van der Waals surface area contributed by atoms with Crippen LogP contribution in [0.2, 0.25) is 0 Å². The quantitative estimate of drug-likeness (QED) is 0.422. The third-order valence-corrected chi connectivity index (χ3v) is 6.66. The summed E-state index contributed by atoms with van der Waals surface area (Å²) in [4.78, 5) is 24.3. The van der Waals surface area contributed by atoms with E-state index in [0.717, 1.165) is 52.2 Å². The second kappa shape index (κ2) is 8.03. The van der Waals surface area contributed by atoms with E-state index < -0.39 is 0 Å². The lowest BCUT2D eigenvalue weighted by Crippen LogP contribution is -2.39. The largest absolute Gasteiger partial charge is 0.466 e. The Labute approximate surface area is 179 Å². The van der Waals surface area contributed by atoms with Gasteiger partial charge in [-0.2, -0.15) is 0 Å². The van der Waals surface area contributed by atoms with E-state index in [9.17, 15) is 4.79 Å². The summed E-state index contributed by atoms with van der Waals surface area (Å²) in [6, 6.07) is 18.6. The number of carbonyl (C=O) groups excluding carboxylic acids is 1. The Morgan fingerprint density at radius 2 is 1.93 bits per heavy atom. The van der Waals surface area contributed by atoms with E-state index in [2.05, 4.69) is 23.1 Å². The number of thiazole rings is 1. The molecule has 30 heavy (non-hydrogen) atoms. The lowest BCUT2D eigenvalue weighted by Gasteiger charge is -2.32. The van der Waals surface area contributed by atoms with Crippen molar-refractivity contribution in [1.82, 2.24) is 9.97 Å². The van der Waals surface area contributed by atoms with Crippen molar-refractivity contribution in [3.63, 3.8) is 0 Å². The van der Waals surface area contributed by atoms with E-state index in [4.69, 9.17) is 14.7 Å². The van der Waals surface area contributed by atoms with Gasteiger partial charge < -0.3 is 9.64 Å². The highest BCUT2D eigenvalue weighted by molar-refractivity contribution is 7.21. The Kier molecular flexibility index (Phi) is 5.09. The maximum atomic E-state index is 12.3. The number of piperidine rings is 1. The van der Waals surface area contributed by atoms with Crippen LogP contribution in [0.4, 0.5) is 5.82 Å². The van der Waals surface area contributed by atoms with Gasteiger partial charge in [-0.05, 0) is 44.0 Å². The van der Waals surface area contributed by atoms with E-state index in [0.29, 0.717) is 13.2 Å². The number of aromatic nitrogens is 2. The second-order valence-electron chi connectivity index (χ2n) is 7.57. The van der Waals surface area contributed by atoms with Gasteiger partial charge in [-0.15, -0.1) is 11.3 Å². The minimum atomic E-state index is -0.102. The molecule has 1 aliphatic heterocycles. The maximum absolute atomic E-state index is 12.3. The van der Waals surface area contributed by atoms with Gasteiger partial charge in [0, 0.05) is 24.0 Å². The van der Waals surface area contributed by atoms with Gasteiger partial charge in [0.05, 0.1) is 28.3 Å². The van der Waals surface area contributed by atoms with Crippen LogP contribution in [0.25, 0.3) is 31.7 Å². The van der Waals surface area contributed by atoms with Crippen molar-refractivity contribution >= 4 is 44.2 Å². The van der Waals surface area contributed by atoms with Gasteiger partial charge in [-0.25, -0.2) is 9.97 Å². The first-order chi connectivity index (χ1) is 14.7. The Balaban J connectivity index is 1.57. The van der Waals surface area contributed by atoms with Gasteiger partial charge in [0.2, 0.25) is 0 Å². The maximum Gasteiger partial charge on any atom is 0.310 e. The van der Waals surface area contributed by atoms with Gasteiger partial charge in [0.15, 0.2) is 0 Å². The third kappa shape index (κ3) is 3.52. The van der Waals surface area contributed by atoms with Crippen LogP contribution in [-0.2, 0) is 9.53 Å². The number of rotatable bonds is 4. The number of benzene rings is 2. The zero-order valence-corrected chi connectivity index (χ0v) is 17.7. The van der Waals surface area contributed by atoms with Crippen molar-refractivity contribution < 1.29 is 9.53 Å². The molecule has 1 atom stereocenters. The van der Waals surface area contributed by atoms with Crippen LogP contribution < -0.4 is 4.90 Å². The molecule has 0 saturated carbocycles. The number of hydrogen-bond acceptors (Lipinski definition) is 6. The van der Waals surface area contributed by atoms with Gasteiger partial charge in [0.25, 0.3) is 0 Å². The molecule has 1 fully saturated rings. The molecule has 0 radical (unpaired) electrons. The molecular formula is C24H23N3O2S. The monoisotopic (exact) mass is 417 g/mol. The fourth-order valence-electron chi connectivity index (χ4n) is 4.13. The normalized spacial score (nSPS) is 16.8. The number of pyridine rings is 1. The van der Waals surface area contributed by atoms with Crippen LogP contribution in [0.3, 0.4) is 0 Å². The van der Waals surface area contributed by atoms with Crippen molar-refractivity contribution in [2.75, 3.05) is 24.6 Å². The molecule has 1 saturated heterocycles. The zero-order chi connectivity index (χ0) is 20.5. The Morgan fingerprint density at radius 1 is 1.13 bits per heavy atom. The molecule has 6 heteroatoms. The minimum Gasteiger partial charge on any atom is -0.466 e. The fourth-order valence-corrected chi connectivity index (χ4v) is 5.12. The molecule has 0 unspecified atom stereocenters. The SMILES string of the molecule is CCOC(=O)[C@@H]1CCCN(c2cc(-c3nc4ccccc4s3)c3ccccc3n2)C1. The summed E-state index contributed by atoms with van der Waals surface area (Å²) in [5.41, 5.74) is 3.05. The van der Waals surface area contributed by atoms with E-state index in [-0.39, 0.29) is 11.9 Å². The van der Waals surface area contributed by atoms with Crippen LogP contribution in [0.15, 0.2) is 54.6 Å². The average molecular weight is 418 g/mol. The summed E-state index contributed by atoms with van der Waals surface area (Å²) < 4.78 is 6.44. The van der Waals surface area contributed by atoms with E-state index >= 15 is 0 Å². The molecule has 2 aromatic carbocycles. The lowest BCUT2D eigenvalue weighted by atomic mass is 9.98. The summed E-state index contributed by atoms with van der Waals surface area (Å²) in [5, 5.41) is 2.09. The first-order valence-corrected chi connectivity index (χ1v) is 11.2. The highest BCUT2D eigenvalue weighted by atomic mass is 32.1. The van der Waals surface area contributed by atoms with Gasteiger partial charge in [0.1, 0.15) is 10.8 Å². The predicted octanol–water partition coefficient (Wildman–Crippen LogP) is 5.29. The Hall–Kier alpha value is -2.99. The molecule has 5 rings (SSSR count). The number of hydrogen-bond donors (Lipinski definition) is 0. The van der Waals surface area contributed by atoms with E-state index in [1.54, 1.807) is 11.3 Å². The first-order valence-electron chi connectivity index (χ1n) is 10.4. The average Bonchev–Trinajstić information content (AvgIpc) is 3.23. The lowest BCUT2D eigenvalue weighted by molar-refractivity contribution is -0.148. The van der Waals surface area contributed by atoms with Crippen molar-refractivity contribution in [2.24, 2.45) is 5.92 Å². The number of nitrogens with zero attached hydrogens (tertiary/aromatic N) is 3. The molecule has 1 aliphatic rings. The van der Waals surface area contributed by atoms with Crippen LogP contribution in [0, 0.1) is 5.92 Å². The van der Waals surface area contributed by atoms with E-state index in [1.807, 2.05) is 43.3 Å². The molecule has 0 N–H and O–H groups in total.